The molecule has 1 atom stereocenters. The number of carbonyl (C=O) groups is 1. The predicted octanol–water partition coefficient (Wildman–Crippen LogP) is -0.316. The van der Waals surface area contributed by atoms with E-state index < -0.39 is 0 Å². The number of amides is 1. The molecule has 0 aliphatic carbocycles. The first-order valence-electron chi connectivity index (χ1n) is 9.78. The molecule has 3 rings (SSSR count). The largest absolute Gasteiger partial charge is 0.497 e. The number of carbonyl (C=O) groups excluding carboxylic acids is 1. The molecule has 2 aromatic rings. The third-order valence-electron chi connectivity index (χ3n) is 5.53. The number of quaternary nitrogens is 2. The molecule has 1 fully saturated rings. The van der Waals surface area contributed by atoms with Crippen molar-refractivity contribution in [2.75, 3.05) is 33.3 Å². The van der Waals surface area contributed by atoms with Gasteiger partial charge in [0.25, 0.3) is 5.91 Å². The predicted molar refractivity (Wildman–Crippen MR) is 106 cm³/mol. The maximum atomic E-state index is 12.5. The van der Waals surface area contributed by atoms with Gasteiger partial charge in [-0.2, -0.15) is 0 Å². The van der Waals surface area contributed by atoms with E-state index in [0.29, 0.717) is 6.54 Å². The highest BCUT2D eigenvalue weighted by Crippen LogP contribution is 2.10. The van der Waals surface area contributed by atoms with Crippen molar-refractivity contribution in [2.24, 2.45) is 0 Å². The van der Waals surface area contributed by atoms with E-state index >= 15 is 0 Å². The molecular weight excluding hydrogens is 338 g/mol. The number of nitrogens with one attached hydrogen (secondary N) is 3. The van der Waals surface area contributed by atoms with Crippen LogP contribution in [-0.2, 0) is 17.9 Å². The molecule has 2 aromatic carbocycles. The molecule has 1 saturated heterocycles. The summed E-state index contributed by atoms with van der Waals surface area (Å²) in [6.07, 6.45) is 0. The Morgan fingerprint density at radius 2 is 1.67 bits per heavy atom. The van der Waals surface area contributed by atoms with Gasteiger partial charge in [-0.05, 0) is 36.8 Å². The molecule has 0 unspecified atom stereocenters. The Bertz CT molecular complexity index is 710. The van der Waals surface area contributed by atoms with Crippen LogP contribution in [0.2, 0.25) is 0 Å². The van der Waals surface area contributed by atoms with Crippen molar-refractivity contribution < 1.29 is 19.3 Å². The summed E-state index contributed by atoms with van der Waals surface area (Å²) in [7, 11) is 1.69. The van der Waals surface area contributed by atoms with Gasteiger partial charge in [0.05, 0.1) is 7.11 Å². The molecule has 1 amide bonds. The van der Waals surface area contributed by atoms with Gasteiger partial charge in [-0.15, -0.1) is 0 Å². The summed E-state index contributed by atoms with van der Waals surface area (Å²) < 4.78 is 5.22. The summed E-state index contributed by atoms with van der Waals surface area (Å²) in [5.74, 6) is 1.05. The fourth-order valence-electron chi connectivity index (χ4n) is 3.69. The second-order valence-electron chi connectivity index (χ2n) is 7.36. The Hall–Kier alpha value is -2.37. The van der Waals surface area contributed by atoms with Crippen LogP contribution in [0.4, 0.5) is 0 Å². The minimum atomic E-state index is -0.00347. The third-order valence-corrected chi connectivity index (χ3v) is 5.53. The van der Waals surface area contributed by atoms with Crippen LogP contribution in [0.5, 0.6) is 5.75 Å². The molecule has 5 heteroatoms. The van der Waals surface area contributed by atoms with Gasteiger partial charge < -0.3 is 19.9 Å². The smallest absolute Gasteiger partial charge is 0.278 e. The zero-order valence-corrected chi connectivity index (χ0v) is 16.3. The van der Waals surface area contributed by atoms with Crippen molar-refractivity contribution in [3.8, 4) is 5.75 Å². The summed E-state index contributed by atoms with van der Waals surface area (Å²) in [6.45, 7) is 7.94. The van der Waals surface area contributed by atoms with E-state index in [4.69, 9.17) is 4.74 Å². The molecule has 0 saturated carbocycles. The number of methoxy groups -OCH3 is 1. The Morgan fingerprint density at radius 1 is 1.00 bits per heavy atom. The fourth-order valence-corrected chi connectivity index (χ4v) is 3.69. The van der Waals surface area contributed by atoms with Crippen LogP contribution >= 0.6 is 0 Å². The first-order chi connectivity index (χ1) is 13.2. The molecule has 0 radical (unpaired) electrons. The molecule has 1 aliphatic rings. The van der Waals surface area contributed by atoms with Crippen molar-refractivity contribution in [1.82, 2.24) is 5.32 Å². The zero-order chi connectivity index (χ0) is 19.1. The number of benzene rings is 2. The summed E-state index contributed by atoms with van der Waals surface area (Å²) in [5, 5.41) is 3.08. The van der Waals surface area contributed by atoms with Gasteiger partial charge in [0.15, 0.2) is 6.04 Å². The monoisotopic (exact) mass is 369 g/mol. The van der Waals surface area contributed by atoms with E-state index in [1.807, 2.05) is 49.4 Å². The van der Waals surface area contributed by atoms with Crippen LogP contribution < -0.4 is 19.9 Å². The van der Waals surface area contributed by atoms with E-state index in [1.54, 1.807) is 12.0 Å². The maximum Gasteiger partial charge on any atom is 0.278 e. The fraction of sp³-hybridized carbons (Fsp3) is 0.409. The topological polar surface area (TPSA) is 47.2 Å². The maximum absolute atomic E-state index is 12.5. The third kappa shape index (κ3) is 5.55. The average Bonchev–Trinajstić information content (AvgIpc) is 2.73. The van der Waals surface area contributed by atoms with Crippen LogP contribution in [0.1, 0.15) is 18.1 Å². The lowest BCUT2D eigenvalue weighted by atomic mass is 10.1. The van der Waals surface area contributed by atoms with Crippen LogP contribution in [0, 0.1) is 0 Å². The van der Waals surface area contributed by atoms with E-state index in [-0.39, 0.29) is 11.9 Å². The number of hydrogen-bond donors (Lipinski definition) is 3. The van der Waals surface area contributed by atoms with Gasteiger partial charge in [-0.1, -0.05) is 30.3 Å². The summed E-state index contributed by atoms with van der Waals surface area (Å²) in [4.78, 5) is 15.5. The molecule has 1 aliphatic heterocycles. The summed E-state index contributed by atoms with van der Waals surface area (Å²) in [6, 6.07) is 18.4. The lowest BCUT2D eigenvalue weighted by molar-refractivity contribution is -1.02. The molecule has 1 heterocycles. The average molecular weight is 370 g/mol. The van der Waals surface area contributed by atoms with Crippen molar-refractivity contribution in [3.63, 3.8) is 0 Å². The number of rotatable bonds is 7. The Kier molecular flexibility index (Phi) is 6.85. The quantitative estimate of drug-likeness (QED) is 0.627. The van der Waals surface area contributed by atoms with Crippen molar-refractivity contribution in [2.45, 2.75) is 26.1 Å². The molecule has 0 spiro atoms. The van der Waals surface area contributed by atoms with Crippen molar-refractivity contribution in [1.29, 1.82) is 0 Å². The Labute approximate surface area is 161 Å². The SMILES string of the molecule is COc1ccc(C[NH+]2CC[NH+]([C@@H](C)C(=O)NCc3ccccc3)CC2)cc1. The molecule has 0 bridgehead atoms. The lowest BCUT2D eigenvalue weighted by Crippen LogP contribution is -3.29. The van der Waals surface area contributed by atoms with E-state index in [0.717, 1.165) is 44.0 Å². The van der Waals surface area contributed by atoms with Gasteiger partial charge in [0, 0.05) is 12.1 Å². The second-order valence-corrected chi connectivity index (χ2v) is 7.36. The van der Waals surface area contributed by atoms with Crippen LogP contribution in [0.3, 0.4) is 0 Å². The number of hydrogen-bond acceptors (Lipinski definition) is 2. The Morgan fingerprint density at radius 3 is 2.30 bits per heavy atom. The molecular formula is C22H31N3O2+2. The van der Waals surface area contributed by atoms with Gasteiger partial charge in [0.1, 0.15) is 38.5 Å². The van der Waals surface area contributed by atoms with Crippen molar-refractivity contribution >= 4 is 5.91 Å². The number of ether oxygens (including phenoxy) is 1. The van der Waals surface area contributed by atoms with E-state index in [9.17, 15) is 4.79 Å². The first-order valence-corrected chi connectivity index (χ1v) is 9.78. The highest BCUT2D eigenvalue weighted by Gasteiger charge is 2.30. The highest BCUT2D eigenvalue weighted by atomic mass is 16.5. The molecule has 0 aromatic heterocycles. The van der Waals surface area contributed by atoms with Crippen molar-refractivity contribution in [3.05, 3.63) is 65.7 Å². The minimum Gasteiger partial charge on any atom is -0.497 e. The normalized spacial score (nSPS) is 20.7. The summed E-state index contributed by atoms with van der Waals surface area (Å²) in [5.41, 5.74) is 2.48. The van der Waals surface area contributed by atoms with Gasteiger partial charge in [0.2, 0.25) is 0 Å². The standard InChI is InChI=1S/C22H29N3O2/c1-18(22(26)23-16-19-6-4-3-5-7-19)25-14-12-24(13-15-25)17-20-8-10-21(27-2)11-9-20/h3-11,18H,12-17H2,1-2H3,(H,23,26)/p+2/t18-/m0/s1. The lowest BCUT2D eigenvalue weighted by Gasteiger charge is -2.32. The first kappa shape index (κ1) is 19.4. The van der Waals surface area contributed by atoms with Crippen LogP contribution in [0.15, 0.2) is 54.6 Å². The Balaban J connectivity index is 1.42. The zero-order valence-electron chi connectivity index (χ0n) is 16.3. The van der Waals surface area contributed by atoms with Crippen LogP contribution in [0.25, 0.3) is 0 Å². The van der Waals surface area contributed by atoms with Gasteiger partial charge in [-0.25, -0.2) is 0 Å². The highest BCUT2D eigenvalue weighted by molar-refractivity contribution is 5.79. The molecule has 144 valence electrons. The molecule has 27 heavy (non-hydrogen) atoms. The molecule has 3 N–H and O–H groups in total. The van der Waals surface area contributed by atoms with Crippen LogP contribution in [-0.4, -0.2) is 45.2 Å². The number of piperazine rings is 1. The molecule has 5 nitrogen and oxygen atoms in total. The second kappa shape index (κ2) is 9.53. The minimum absolute atomic E-state index is 0.00347. The van der Waals surface area contributed by atoms with E-state index in [1.165, 1.54) is 10.5 Å². The van der Waals surface area contributed by atoms with Gasteiger partial charge in [-0.3, -0.25) is 4.79 Å². The van der Waals surface area contributed by atoms with Gasteiger partial charge >= 0.3 is 0 Å². The van der Waals surface area contributed by atoms with E-state index in [2.05, 4.69) is 17.4 Å². The summed E-state index contributed by atoms with van der Waals surface area (Å²) >= 11 is 0.